The maximum absolute atomic E-state index is 14.2. The first-order chi connectivity index (χ1) is 19.2. The molecule has 3 heterocycles. The zero-order valence-corrected chi connectivity index (χ0v) is 20.9. The third-order valence-electron chi connectivity index (χ3n) is 6.48. The second kappa shape index (κ2) is 11.1. The topological polar surface area (TPSA) is 135 Å². The number of benzene rings is 2. The Labute approximate surface area is 226 Å². The van der Waals surface area contributed by atoms with Gasteiger partial charge in [-0.1, -0.05) is 12.1 Å². The first-order valence-corrected chi connectivity index (χ1v) is 12.2. The Balaban J connectivity index is 1.51. The van der Waals surface area contributed by atoms with Crippen molar-refractivity contribution < 1.29 is 27.9 Å². The van der Waals surface area contributed by atoms with Gasteiger partial charge in [0.05, 0.1) is 29.3 Å². The predicted molar refractivity (Wildman–Crippen MR) is 138 cm³/mol. The number of hydrogen-bond donors (Lipinski definition) is 3. The molecule has 0 bridgehead atoms. The Hall–Kier alpha value is -4.84. The third-order valence-corrected chi connectivity index (χ3v) is 6.48. The number of carbonyl (C=O) groups excluding carboxylic acids is 2. The molecule has 0 spiro atoms. The summed E-state index contributed by atoms with van der Waals surface area (Å²) in [6, 6.07) is 9.27. The van der Waals surface area contributed by atoms with Crippen LogP contribution in [-0.4, -0.2) is 37.7 Å². The number of aliphatic hydroxyl groups excluding tert-OH is 1. The Morgan fingerprint density at radius 1 is 1.10 bits per heavy atom. The maximum Gasteiger partial charge on any atom is 0.251 e. The summed E-state index contributed by atoms with van der Waals surface area (Å²) < 4.78 is 43.8. The van der Waals surface area contributed by atoms with Crippen LogP contribution in [0.2, 0.25) is 0 Å². The number of rotatable bonds is 8. The molecule has 1 aliphatic heterocycles. The monoisotopic (exact) mass is 548 g/mol. The number of amides is 2. The molecule has 4 N–H and O–H groups in total. The fourth-order valence-corrected chi connectivity index (χ4v) is 4.70. The molecule has 40 heavy (non-hydrogen) atoms. The van der Waals surface area contributed by atoms with Gasteiger partial charge in [0.1, 0.15) is 29.7 Å². The fourth-order valence-electron chi connectivity index (χ4n) is 4.70. The molecule has 0 radical (unpaired) electrons. The van der Waals surface area contributed by atoms with Crippen LogP contribution in [0, 0.1) is 17.5 Å². The van der Waals surface area contributed by atoms with E-state index < -0.39 is 41.5 Å². The van der Waals surface area contributed by atoms with Gasteiger partial charge in [0.2, 0.25) is 5.91 Å². The van der Waals surface area contributed by atoms with Gasteiger partial charge in [-0.2, -0.15) is 0 Å². The second-order valence-electron chi connectivity index (χ2n) is 9.21. The average molecular weight is 549 g/mol. The van der Waals surface area contributed by atoms with E-state index in [-0.39, 0.29) is 24.1 Å². The minimum Gasteiger partial charge on any atom is -0.367 e. The molecule has 5 rings (SSSR count). The summed E-state index contributed by atoms with van der Waals surface area (Å²) in [5.74, 6) is -3.77. The van der Waals surface area contributed by atoms with Crippen LogP contribution in [0.1, 0.15) is 45.3 Å². The standard InChI is InChI=1S/C28H23F3N6O3/c29-17-8-15(9-18(30)12-17)10-22(36-24(38)13-37-14-35-26-23(37)5-7-34-28(26)40)25-19(2-1-6-33-25)16-3-4-21(31)20(11-16)27(32)39/h1-4,6-9,11-12,14,22,28,40H,5,10,13H2,(H2,32,39)(H,36,38). The number of carbonyl (C=O) groups is 2. The molecule has 4 aromatic rings. The van der Waals surface area contributed by atoms with E-state index in [0.717, 1.165) is 24.3 Å². The van der Waals surface area contributed by atoms with Crippen molar-refractivity contribution in [2.45, 2.75) is 31.7 Å². The van der Waals surface area contributed by atoms with Crippen LogP contribution in [0.4, 0.5) is 13.2 Å². The lowest BCUT2D eigenvalue weighted by molar-refractivity contribution is -0.122. The van der Waals surface area contributed by atoms with Gasteiger partial charge < -0.3 is 20.7 Å². The minimum atomic E-state index is -1.11. The van der Waals surface area contributed by atoms with E-state index in [0.29, 0.717) is 34.6 Å². The normalized spacial score (nSPS) is 14.9. The van der Waals surface area contributed by atoms with Crippen LogP contribution in [0.3, 0.4) is 0 Å². The fraction of sp³-hybridized carbons (Fsp3) is 0.179. The number of hydrogen-bond acceptors (Lipinski definition) is 6. The van der Waals surface area contributed by atoms with Crippen molar-refractivity contribution in [3.05, 3.63) is 107 Å². The average Bonchev–Trinajstić information content (AvgIpc) is 3.31. The molecule has 2 aromatic carbocycles. The van der Waals surface area contributed by atoms with Gasteiger partial charge in [0.15, 0.2) is 6.23 Å². The zero-order valence-electron chi connectivity index (χ0n) is 20.9. The Kier molecular flexibility index (Phi) is 7.43. The highest BCUT2D eigenvalue weighted by atomic mass is 19.1. The summed E-state index contributed by atoms with van der Waals surface area (Å²) in [5.41, 5.74) is 7.42. The lowest BCUT2D eigenvalue weighted by Gasteiger charge is -2.22. The SMILES string of the molecule is NC(=O)c1cc(-c2cccnc2C(Cc2cc(F)cc(F)c2)NC(=O)Cn2cnc3c2CC=NC3O)ccc1F. The van der Waals surface area contributed by atoms with E-state index in [1.54, 1.807) is 16.7 Å². The number of aromatic nitrogens is 3. The van der Waals surface area contributed by atoms with Crippen LogP contribution in [0.25, 0.3) is 11.1 Å². The number of aliphatic imine (C=N–C) groups is 1. The van der Waals surface area contributed by atoms with Gasteiger partial charge in [-0.3, -0.25) is 19.6 Å². The Morgan fingerprint density at radius 3 is 2.62 bits per heavy atom. The molecule has 2 amide bonds. The minimum absolute atomic E-state index is 0.0400. The third kappa shape index (κ3) is 5.61. The van der Waals surface area contributed by atoms with Crippen molar-refractivity contribution in [3.8, 4) is 11.1 Å². The van der Waals surface area contributed by atoms with Gasteiger partial charge in [0, 0.05) is 30.5 Å². The molecule has 1 aliphatic rings. The quantitative estimate of drug-likeness (QED) is 0.311. The van der Waals surface area contributed by atoms with Gasteiger partial charge in [0.25, 0.3) is 5.91 Å². The summed E-state index contributed by atoms with van der Waals surface area (Å²) >= 11 is 0. The summed E-state index contributed by atoms with van der Waals surface area (Å²) in [7, 11) is 0. The number of pyridine rings is 1. The summed E-state index contributed by atoms with van der Waals surface area (Å²) in [6.45, 7) is -0.165. The lowest BCUT2D eigenvalue weighted by Crippen LogP contribution is -2.34. The van der Waals surface area contributed by atoms with Crippen molar-refractivity contribution in [2.24, 2.45) is 10.7 Å². The van der Waals surface area contributed by atoms with E-state index in [1.807, 2.05) is 0 Å². The number of nitrogens with two attached hydrogens (primary N) is 1. The van der Waals surface area contributed by atoms with Gasteiger partial charge >= 0.3 is 0 Å². The van der Waals surface area contributed by atoms with Crippen LogP contribution >= 0.6 is 0 Å². The van der Waals surface area contributed by atoms with Crippen molar-refractivity contribution in [2.75, 3.05) is 0 Å². The van der Waals surface area contributed by atoms with Crippen molar-refractivity contribution in [1.29, 1.82) is 0 Å². The van der Waals surface area contributed by atoms with E-state index in [1.165, 1.54) is 30.9 Å². The molecule has 204 valence electrons. The number of primary amides is 1. The molecular weight excluding hydrogens is 525 g/mol. The first kappa shape index (κ1) is 26.8. The maximum atomic E-state index is 14.2. The second-order valence-corrected chi connectivity index (χ2v) is 9.21. The highest BCUT2D eigenvalue weighted by Gasteiger charge is 2.25. The lowest BCUT2D eigenvalue weighted by atomic mass is 9.94. The van der Waals surface area contributed by atoms with Crippen molar-refractivity contribution in [3.63, 3.8) is 0 Å². The summed E-state index contributed by atoms with van der Waals surface area (Å²) in [6.07, 6.45) is 3.67. The largest absolute Gasteiger partial charge is 0.367 e. The van der Waals surface area contributed by atoms with Gasteiger partial charge in [-0.25, -0.2) is 18.2 Å². The number of nitrogens with zero attached hydrogens (tertiary/aromatic N) is 4. The zero-order chi connectivity index (χ0) is 28.4. The van der Waals surface area contributed by atoms with Crippen molar-refractivity contribution >= 4 is 18.0 Å². The molecular formula is C28H23F3N6O3. The molecule has 0 saturated heterocycles. The van der Waals surface area contributed by atoms with Crippen LogP contribution < -0.4 is 11.1 Å². The number of halogens is 3. The van der Waals surface area contributed by atoms with Crippen LogP contribution in [0.15, 0.2) is 66.0 Å². The van der Waals surface area contributed by atoms with E-state index in [9.17, 15) is 27.9 Å². The Morgan fingerprint density at radius 2 is 1.88 bits per heavy atom. The highest BCUT2D eigenvalue weighted by molar-refractivity contribution is 5.94. The molecule has 2 aromatic heterocycles. The van der Waals surface area contributed by atoms with Crippen molar-refractivity contribution in [1.82, 2.24) is 19.9 Å². The van der Waals surface area contributed by atoms with Crippen LogP contribution in [0.5, 0.6) is 0 Å². The number of imidazole rings is 1. The number of aliphatic hydroxyl groups is 1. The highest BCUT2D eigenvalue weighted by Crippen LogP contribution is 2.30. The van der Waals surface area contributed by atoms with E-state index >= 15 is 0 Å². The molecule has 2 unspecified atom stereocenters. The smallest absolute Gasteiger partial charge is 0.251 e. The molecule has 0 fully saturated rings. The Bertz CT molecular complexity index is 1620. The van der Waals surface area contributed by atoms with Crippen LogP contribution in [-0.2, 0) is 24.2 Å². The van der Waals surface area contributed by atoms with E-state index in [2.05, 4.69) is 20.3 Å². The van der Waals surface area contributed by atoms with Gasteiger partial charge in [-0.15, -0.1) is 0 Å². The predicted octanol–water partition coefficient (Wildman–Crippen LogP) is 3.18. The van der Waals surface area contributed by atoms with Gasteiger partial charge in [-0.05, 0) is 47.9 Å². The molecule has 0 aliphatic carbocycles. The summed E-state index contributed by atoms with van der Waals surface area (Å²) in [5, 5.41) is 12.9. The molecule has 0 saturated carbocycles. The molecule has 2 atom stereocenters. The number of nitrogens with one attached hydrogen (secondary N) is 1. The first-order valence-electron chi connectivity index (χ1n) is 12.2. The van der Waals surface area contributed by atoms with E-state index in [4.69, 9.17) is 5.73 Å². The molecule has 12 heteroatoms. The molecule has 9 nitrogen and oxygen atoms in total. The number of fused-ring (bicyclic) bond motifs is 1. The summed E-state index contributed by atoms with van der Waals surface area (Å²) in [4.78, 5) is 37.5.